The topological polar surface area (TPSA) is 124 Å². The number of nitrogens with one attached hydrogen (secondary N) is 1. The highest BCUT2D eigenvalue weighted by molar-refractivity contribution is 7.18. The fraction of sp³-hybridized carbons (Fsp3) is 0.318. The number of benzene rings is 1. The maximum Gasteiger partial charge on any atom is 0.299 e. The van der Waals surface area contributed by atoms with E-state index in [1.807, 2.05) is 35.2 Å². The van der Waals surface area contributed by atoms with Crippen molar-refractivity contribution >= 4 is 33.5 Å². The third-order valence-corrected chi connectivity index (χ3v) is 7.02. The first kappa shape index (κ1) is 19.9. The molecule has 0 bridgehead atoms. The number of H-pyrrole nitrogens is 1. The second kappa shape index (κ2) is 7.99. The number of anilines is 1. The highest BCUT2D eigenvalue weighted by Gasteiger charge is 2.39. The smallest absolute Gasteiger partial charge is 0.299 e. The molecule has 0 unspecified atom stereocenters. The van der Waals surface area contributed by atoms with E-state index < -0.39 is 11.9 Å². The van der Waals surface area contributed by atoms with Crippen LogP contribution in [-0.2, 0) is 11.2 Å². The van der Waals surface area contributed by atoms with Gasteiger partial charge in [-0.3, -0.25) is 4.79 Å². The summed E-state index contributed by atoms with van der Waals surface area (Å²) in [5.74, 6) is -0.444. The minimum Gasteiger partial charge on any atom is -0.417 e. The van der Waals surface area contributed by atoms with Gasteiger partial charge in [0, 0.05) is 31.7 Å². The highest BCUT2D eigenvalue weighted by Crippen LogP contribution is 2.38. The number of nitrogens with zero attached hydrogens (tertiary/aromatic N) is 6. The van der Waals surface area contributed by atoms with Crippen LogP contribution in [0.2, 0.25) is 0 Å². The van der Waals surface area contributed by atoms with Crippen LogP contribution in [-0.4, -0.2) is 63.6 Å². The van der Waals surface area contributed by atoms with E-state index >= 15 is 0 Å². The lowest BCUT2D eigenvalue weighted by Crippen LogP contribution is -2.41. The quantitative estimate of drug-likeness (QED) is 0.493. The van der Waals surface area contributed by atoms with Gasteiger partial charge in [0.1, 0.15) is 17.1 Å². The molecule has 1 amide bonds. The standard InChI is InChI=1S/C22H19N7O3S/c23-11-15-19(32-22(27-15)28-7-9-31-10-8-28)21(30)29-6-5-14-17(25-12-24-14)18(29)20-26-13-3-1-2-4-16(13)33-20/h1-4,12,18H,5-10H2,(H,24,25)/t18-/m0/s1. The van der Waals surface area contributed by atoms with E-state index in [0.717, 1.165) is 26.6 Å². The molecule has 6 rings (SSSR count). The molecule has 10 nitrogen and oxygen atoms in total. The Morgan fingerprint density at radius 3 is 2.88 bits per heavy atom. The van der Waals surface area contributed by atoms with Gasteiger partial charge in [-0.2, -0.15) is 10.2 Å². The summed E-state index contributed by atoms with van der Waals surface area (Å²) in [4.78, 5) is 34.1. The Labute approximate surface area is 192 Å². The van der Waals surface area contributed by atoms with E-state index in [9.17, 15) is 10.1 Å². The van der Waals surface area contributed by atoms with Crippen LogP contribution in [0.4, 0.5) is 6.01 Å². The van der Waals surface area contributed by atoms with Gasteiger partial charge in [-0.25, -0.2) is 9.97 Å². The summed E-state index contributed by atoms with van der Waals surface area (Å²) >= 11 is 1.53. The van der Waals surface area contributed by atoms with Gasteiger partial charge >= 0.3 is 0 Å². The molecule has 3 aromatic heterocycles. The van der Waals surface area contributed by atoms with Crippen molar-refractivity contribution in [3.05, 3.63) is 58.4 Å². The highest BCUT2D eigenvalue weighted by atomic mass is 32.1. The molecule has 0 aliphatic carbocycles. The molecule has 0 saturated carbocycles. The Bertz CT molecular complexity index is 1350. The summed E-state index contributed by atoms with van der Waals surface area (Å²) in [7, 11) is 0. The van der Waals surface area contributed by atoms with Crippen molar-refractivity contribution < 1.29 is 13.9 Å². The van der Waals surface area contributed by atoms with Crippen molar-refractivity contribution in [2.75, 3.05) is 37.7 Å². The zero-order valence-corrected chi connectivity index (χ0v) is 18.3. The summed E-state index contributed by atoms with van der Waals surface area (Å²) in [6, 6.07) is 9.68. The average molecular weight is 462 g/mol. The number of amides is 1. The maximum atomic E-state index is 13.7. The number of carbonyl (C=O) groups excluding carboxylic acids is 1. The Kier molecular flexibility index (Phi) is 4.82. The number of oxazole rings is 1. The first-order valence-electron chi connectivity index (χ1n) is 10.6. The number of morpholine rings is 1. The van der Waals surface area contributed by atoms with Crippen LogP contribution in [0.25, 0.3) is 10.2 Å². The van der Waals surface area contributed by atoms with Gasteiger partial charge in [0.05, 0.1) is 35.5 Å². The molecule has 2 aliphatic heterocycles. The number of aromatic amines is 1. The first-order valence-corrected chi connectivity index (χ1v) is 11.5. The molecule has 1 saturated heterocycles. The number of para-hydroxylation sites is 1. The normalized spacial score (nSPS) is 18.3. The van der Waals surface area contributed by atoms with Crippen molar-refractivity contribution in [1.29, 1.82) is 5.26 Å². The molecular formula is C22H19N7O3S. The van der Waals surface area contributed by atoms with Gasteiger partial charge in [-0.05, 0) is 12.1 Å². The van der Waals surface area contributed by atoms with Gasteiger partial charge in [-0.1, -0.05) is 12.1 Å². The molecule has 33 heavy (non-hydrogen) atoms. The Balaban J connectivity index is 1.41. The van der Waals surface area contributed by atoms with Crippen molar-refractivity contribution in [1.82, 2.24) is 24.8 Å². The summed E-state index contributed by atoms with van der Waals surface area (Å²) in [6.45, 7) is 2.71. The van der Waals surface area contributed by atoms with Crippen LogP contribution < -0.4 is 4.90 Å². The lowest BCUT2D eigenvalue weighted by molar-refractivity contribution is 0.0657. The van der Waals surface area contributed by atoms with Gasteiger partial charge in [-0.15, -0.1) is 11.3 Å². The molecule has 5 heterocycles. The number of hydrogen-bond acceptors (Lipinski definition) is 9. The molecule has 4 aromatic rings. The van der Waals surface area contributed by atoms with E-state index in [0.29, 0.717) is 39.3 Å². The number of nitriles is 1. The molecule has 1 N–H and O–H groups in total. The summed E-state index contributed by atoms with van der Waals surface area (Å²) < 4.78 is 12.3. The lowest BCUT2D eigenvalue weighted by Gasteiger charge is -2.33. The van der Waals surface area contributed by atoms with Crippen molar-refractivity contribution in [3.63, 3.8) is 0 Å². The summed E-state index contributed by atoms with van der Waals surface area (Å²) in [5.41, 5.74) is 2.60. The van der Waals surface area contributed by atoms with Crippen molar-refractivity contribution in [2.45, 2.75) is 12.5 Å². The number of imidazole rings is 1. The number of ether oxygens (including phenoxy) is 1. The summed E-state index contributed by atoms with van der Waals surface area (Å²) in [5, 5.41) is 10.4. The third kappa shape index (κ3) is 3.35. The van der Waals surface area contributed by atoms with E-state index in [1.54, 1.807) is 11.2 Å². The number of thiazole rings is 1. The zero-order valence-electron chi connectivity index (χ0n) is 17.5. The predicted molar refractivity (Wildman–Crippen MR) is 119 cm³/mol. The van der Waals surface area contributed by atoms with Crippen LogP contribution >= 0.6 is 11.3 Å². The minimum absolute atomic E-state index is 0.0163. The van der Waals surface area contributed by atoms with E-state index in [2.05, 4.69) is 15.0 Å². The fourth-order valence-corrected chi connectivity index (χ4v) is 5.39. The molecule has 1 fully saturated rings. The third-order valence-electron chi connectivity index (χ3n) is 5.93. The molecular weight excluding hydrogens is 442 g/mol. The lowest BCUT2D eigenvalue weighted by atomic mass is 10.0. The Morgan fingerprint density at radius 2 is 2.06 bits per heavy atom. The molecule has 1 aromatic carbocycles. The SMILES string of the molecule is N#Cc1nc(N2CCOCC2)oc1C(=O)N1CCc2[nH]cnc2[C@H]1c1nc2ccccc2s1. The molecule has 0 radical (unpaired) electrons. The second-order valence-electron chi connectivity index (χ2n) is 7.82. The maximum absolute atomic E-state index is 13.7. The predicted octanol–water partition coefficient (Wildman–Crippen LogP) is 2.50. The second-order valence-corrected chi connectivity index (χ2v) is 8.88. The Morgan fingerprint density at radius 1 is 1.21 bits per heavy atom. The van der Waals surface area contributed by atoms with Crippen LogP contribution in [0.3, 0.4) is 0 Å². The number of hydrogen-bond donors (Lipinski definition) is 1. The fourth-order valence-electron chi connectivity index (χ4n) is 4.30. The van der Waals surface area contributed by atoms with Crippen LogP contribution in [0, 0.1) is 11.3 Å². The van der Waals surface area contributed by atoms with Crippen LogP contribution in [0.5, 0.6) is 0 Å². The van der Waals surface area contributed by atoms with E-state index in [4.69, 9.17) is 14.1 Å². The van der Waals surface area contributed by atoms with Gasteiger partial charge in [0.2, 0.25) is 5.76 Å². The largest absolute Gasteiger partial charge is 0.417 e. The number of aromatic nitrogens is 4. The molecule has 0 spiro atoms. The zero-order chi connectivity index (χ0) is 22.4. The molecule has 1 atom stereocenters. The number of rotatable bonds is 3. The van der Waals surface area contributed by atoms with Crippen LogP contribution in [0.1, 0.15) is 38.7 Å². The van der Waals surface area contributed by atoms with Gasteiger partial charge in [0.25, 0.3) is 11.9 Å². The van der Waals surface area contributed by atoms with Gasteiger partial charge in [0.15, 0.2) is 5.69 Å². The number of carbonyl (C=O) groups is 1. The Hall–Kier alpha value is -3.75. The van der Waals surface area contributed by atoms with Gasteiger partial charge < -0.3 is 23.9 Å². The molecule has 11 heteroatoms. The van der Waals surface area contributed by atoms with Crippen LogP contribution in [0.15, 0.2) is 35.0 Å². The molecule has 166 valence electrons. The number of fused-ring (bicyclic) bond motifs is 2. The van der Waals surface area contributed by atoms with Crippen molar-refractivity contribution in [3.8, 4) is 6.07 Å². The minimum atomic E-state index is -0.478. The monoisotopic (exact) mass is 461 g/mol. The average Bonchev–Trinajstić information content (AvgIpc) is 3.61. The first-order chi connectivity index (χ1) is 16.2. The van der Waals surface area contributed by atoms with Crippen molar-refractivity contribution in [2.24, 2.45) is 0 Å². The van der Waals surface area contributed by atoms with E-state index in [-0.39, 0.29) is 17.5 Å². The molecule has 2 aliphatic rings. The summed E-state index contributed by atoms with van der Waals surface area (Å²) in [6.07, 6.45) is 2.26. The van der Waals surface area contributed by atoms with E-state index in [1.165, 1.54) is 11.3 Å².